The van der Waals surface area contributed by atoms with Crippen molar-refractivity contribution in [3.05, 3.63) is 42.0 Å². The maximum absolute atomic E-state index is 11.3. The predicted octanol–water partition coefficient (Wildman–Crippen LogP) is 1.09. The molecule has 0 saturated heterocycles. The first-order chi connectivity index (χ1) is 6.61. The number of hydrogen-bond donors (Lipinski definition) is 2. The number of nitrogen functional groups attached to an aromatic ring is 1. The highest BCUT2D eigenvalue weighted by Gasteiger charge is 2.05. The molecular weight excluding hydrogens is 182 g/mol. The Morgan fingerprint density at radius 1 is 1.21 bits per heavy atom. The summed E-state index contributed by atoms with van der Waals surface area (Å²) in [6.07, 6.45) is 1.77. The van der Waals surface area contributed by atoms with E-state index in [9.17, 15) is 9.59 Å². The van der Waals surface area contributed by atoms with Gasteiger partial charge in [-0.15, -0.1) is 0 Å². The summed E-state index contributed by atoms with van der Waals surface area (Å²) in [5, 5.41) is 8.31. The van der Waals surface area contributed by atoms with Crippen molar-refractivity contribution in [3.8, 4) is 0 Å². The van der Waals surface area contributed by atoms with Gasteiger partial charge in [0.05, 0.1) is 0 Å². The number of rotatable bonds is 3. The van der Waals surface area contributed by atoms with Crippen molar-refractivity contribution >= 4 is 17.4 Å². The molecule has 0 aliphatic heterocycles. The van der Waals surface area contributed by atoms with Crippen molar-refractivity contribution in [1.29, 1.82) is 0 Å². The van der Waals surface area contributed by atoms with E-state index in [0.29, 0.717) is 11.3 Å². The molecule has 0 aliphatic carbocycles. The van der Waals surface area contributed by atoms with Crippen LogP contribution < -0.4 is 5.73 Å². The maximum atomic E-state index is 11.3. The number of ketones is 1. The lowest BCUT2D eigenvalue weighted by Crippen LogP contribution is -2.01. The Labute approximate surface area is 80.7 Å². The predicted molar refractivity (Wildman–Crippen MR) is 52.0 cm³/mol. The Balaban J connectivity index is 2.91. The van der Waals surface area contributed by atoms with Crippen LogP contribution in [0.5, 0.6) is 0 Å². The van der Waals surface area contributed by atoms with E-state index in [1.54, 1.807) is 24.3 Å². The highest BCUT2D eigenvalue weighted by atomic mass is 16.4. The lowest BCUT2D eigenvalue weighted by Gasteiger charge is -1.99. The normalized spacial score (nSPS) is 10.3. The second kappa shape index (κ2) is 4.23. The third-order valence-electron chi connectivity index (χ3n) is 1.60. The molecule has 4 heteroatoms. The molecule has 0 aromatic heterocycles. The summed E-state index contributed by atoms with van der Waals surface area (Å²) < 4.78 is 0. The molecule has 0 amide bonds. The van der Waals surface area contributed by atoms with E-state index < -0.39 is 11.8 Å². The van der Waals surface area contributed by atoms with Gasteiger partial charge in [-0.25, -0.2) is 4.79 Å². The molecule has 14 heavy (non-hydrogen) atoms. The van der Waals surface area contributed by atoms with Crippen LogP contribution in [-0.4, -0.2) is 16.9 Å². The minimum Gasteiger partial charge on any atom is -0.478 e. The number of carbonyl (C=O) groups excluding carboxylic acids is 1. The quantitative estimate of drug-likeness (QED) is 0.425. The molecule has 0 heterocycles. The Hall–Kier alpha value is -2.10. The van der Waals surface area contributed by atoms with Crippen LogP contribution >= 0.6 is 0 Å². The van der Waals surface area contributed by atoms with Crippen molar-refractivity contribution in [2.45, 2.75) is 0 Å². The number of benzene rings is 1. The Morgan fingerprint density at radius 3 is 2.43 bits per heavy atom. The molecule has 72 valence electrons. The van der Waals surface area contributed by atoms with E-state index in [0.717, 1.165) is 12.2 Å². The Kier molecular flexibility index (Phi) is 3.01. The fourth-order valence-corrected chi connectivity index (χ4v) is 0.958. The first-order valence-electron chi connectivity index (χ1n) is 3.91. The molecule has 3 N–H and O–H groups in total. The van der Waals surface area contributed by atoms with Gasteiger partial charge in [0.25, 0.3) is 0 Å². The van der Waals surface area contributed by atoms with Crippen molar-refractivity contribution in [3.63, 3.8) is 0 Å². The van der Waals surface area contributed by atoms with Gasteiger partial charge in [-0.1, -0.05) is 12.1 Å². The van der Waals surface area contributed by atoms with Gasteiger partial charge in [0, 0.05) is 17.3 Å². The zero-order valence-corrected chi connectivity index (χ0v) is 7.31. The standard InChI is InChI=1S/C10H9NO3/c11-8-4-2-1-3-7(8)9(12)5-6-10(13)14/h1-6H,11H2,(H,13,14). The number of anilines is 1. The van der Waals surface area contributed by atoms with Crippen molar-refractivity contribution in [2.24, 2.45) is 0 Å². The zero-order valence-electron chi connectivity index (χ0n) is 7.31. The molecule has 0 unspecified atom stereocenters. The summed E-state index contributed by atoms with van der Waals surface area (Å²) in [6, 6.07) is 6.50. The van der Waals surface area contributed by atoms with E-state index in [2.05, 4.69) is 0 Å². The minimum absolute atomic E-state index is 0.310. The first kappa shape index (κ1) is 9.98. The van der Waals surface area contributed by atoms with Crippen molar-refractivity contribution in [2.75, 3.05) is 5.73 Å². The molecule has 0 radical (unpaired) electrons. The summed E-state index contributed by atoms with van der Waals surface area (Å²) in [4.78, 5) is 21.5. The Bertz CT molecular complexity index is 396. The molecular formula is C10H9NO3. The van der Waals surface area contributed by atoms with E-state index >= 15 is 0 Å². The topological polar surface area (TPSA) is 80.4 Å². The molecule has 0 spiro atoms. The summed E-state index contributed by atoms with van der Waals surface area (Å²) in [6.45, 7) is 0. The average molecular weight is 191 g/mol. The molecule has 4 nitrogen and oxygen atoms in total. The number of carboxylic acid groups (broad SMARTS) is 1. The van der Waals surface area contributed by atoms with Crippen LogP contribution in [-0.2, 0) is 4.79 Å². The average Bonchev–Trinajstić information content (AvgIpc) is 2.15. The molecule has 0 aliphatic rings. The van der Waals surface area contributed by atoms with Gasteiger partial charge in [-0.3, -0.25) is 4.79 Å². The van der Waals surface area contributed by atoms with Crippen LogP contribution in [0, 0.1) is 0 Å². The molecule has 1 rings (SSSR count). The summed E-state index contributed by atoms with van der Waals surface area (Å²) in [5.74, 6) is -1.57. The smallest absolute Gasteiger partial charge is 0.328 e. The molecule has 0 atom stereocenters. The number of aliphatic carboxylic acids is 1. The van der Waals surface area contributed by atoms with Crippen LogP contribution in [0.1, 0.15) is 10.4 Å². The van der Waals surface area contributed by atoms with Gasteiger partial charge in [-0.2, -0.15) is 0 Å². The van der Waals surface area contributed by atoms with Crippen LogP contribution in [0.3, 0.4) is 0 Å². The molecule has 0 fully saturated rings. The fourth-order valence-electron chi connectivity index (χ4n) is 0.958. The van der Waals surface area contributed by atoms with E-state index in [1.807, 2.05) is 0 Å². The van der Waals surface area contributed by atoms with Gasteiger partial charge in [-0.05, 0) is 18.2 Å². The van der Waals surface area contributed by atoms with Gasteiger partial charge in [0.1, 0.15) is 0 Å². The largest absolute Gasteiger partial charge is 0.478 e. The third-order valence-corrected chi connectivity index (χ3v) is 1.60. The van der Waals surface area contributed by atoms with Gasteiger partial charge >= 0.3 is 5.97 Å². The van der Waals surface area contributed by atoms with E-state index in [4.69, 9.17) is 10.8 Å². The van der Waals surface area contributed by atoms with Gasteiger partial charge < -0.3 is 10.8 Å². The molecule has 1 aromatic rings. The van der Waals surface area contributed by atoms with Crippen LogP contribution in [0.4, 0.5) is 5.69 Å². The molecule has 0 saturated carbocycles. The van der Waals surface area contributed by atoms with E-state index in [1.165, 1.54) is 0 Å². The monoisotopic (exact) mass is 191 g/mol. The SMILES string of the molecule is Nc1ccccc1C(=O)C=CC(=O)O. The number of para-hydroxylation sites is 1. The molecule has 1 aromatic carbocycles. The van der Waals surface area contributed by atoms with Gasteiger partial charge in [0.2, 0.25) is 0 Å². The summed E-state index contributed by atoms with van der Waals surface area (Å²) >= 11 is 0. The lowest BCUT2D eigenvalue weighted by atomic mass is 10.1. The number of nitrogens with two attached hydrogens (primary N) is 1. The van der Waals surface area contributed by atoms with E-state index in [-0.39, 0.29) is 0 Å². The second-order valence-corrected chi connectivity index (χ2v) is 2.62. The first-order valence-corrected chi connectivity index (χ1v) is 3.91. The highest BCUT2D eigenvalue weighted by Crippen LogP contribution is 2.11. The number of allylic oxidation sites excluding steroid dienone is 1. The lowest BCUT2D eigenvalue weighted by molar-refractivity contribution is -0.131. The second-order valence-electron chi connectivity index (χ2n) is 2.62. The van der Waals surface area contributed by atoms with Crippen molar-refractivity contribution < 1.29 is 14.7 Å². The van der Waals surface area contributed by atoms with Crippen molar-refractivity contribution in [1.82, 2.24) is 0 Å². The maximum Gasteiger partial charge on any atom is 0.328 e. The number of carboxylic acids is 1. The minimum atomic E-state index is -1.16. The third kappa shape index (κ3) is 2.45. The Morgan fingerprint density at radius 2 is 1.86 bits per heavy atom. The fraction of sp³-hybridized carbons (Fsp3) is 0. The van der Waals surface area contributed by atoms with Gasteiger partial charge in [0.15, 0.2) is 5.78 Å². The summed E-state index contributed by atoms with van der Waals surface area (Å²) in [5.41, 5.74) is 6.18. The van der Waals surface area contributed by atoms with Crippen LogP contribution in [0.25, 0.3) is 0 Å². The number of carbonyl (C=O) groups is 2. The van der Waals surface area contributed by atoms with Crippen LogP contribution in [0.2, 0.25) is 0 Å². The summed E-state index contributed by atoms with van der Waals surface area (Å²) in [7, 11) is 0. The van der Waals surface area contributed by atoms with Crippen LogP contribution in [0.15, 0.2) is 36.4 Å². The molecule has 0 bridgehead atoms. The zero-order chi connectivity index (χ0) is 10.6. The number of hydrogen-bond acceptors (Lipinski definition) is 3. The highest BCUT2D eigenvalue weighted by molar-refractivity contribution is 6.09.